The molecule has 41 heavy (non-hydrogen) atoms. The number of carbonyl (C=O) groups excluding carboxylic acids is 3. The molecule has 5 atom stereocenters. The number of aromatic amines is 1. The van der Waals surface area contributed by atoms with E-state index in [0.717, 1.165) is 22.0 Å². The summed E-state index contributed by atoms with van der Waals surface area (Å²) in [5.74, 6) is -2.68. The Labute approximate surface area is 242 Å². The Morgan fingerprint density at radius 1 is 0.878 bits per heavy atom. The van der Waals surface area contributed by atoms with Gasteiger partial charge in [-0.3, -0.25) is 14.4 Å². The van der Waals surface area contributed by atoms with Crippen molar-refractivity contribution in [1.29, 1.82) is 0 Å². The number of hydrogen-bond acceptors (Lipinski definition) is 7. The number of aliphatic carboxylic acids is 1. The second-order valence-corrected chi connectivity index (χ2v) is 10.8. The fraction of sp³-hybridized carbons (Fsp3) is 0.379. The molecule has 0 saturated carbocycles. The van der Waals surface area contributed by atoms with Gasteiger partial charge in [0, 0.05) is 29.9 Å². The SMILES string of the molecule is CSCCC(NC(=O)C(N)C(C)O)C(=O)NC(Cc1ccccc1)C(=O)NC(Cc1c[nH]c2ccccc12)C(=O)O. The van der Waals surface area contributed by atoms with Gasteiger partial charge in [0.1, 0.15) is 24.2 Å². The molecular formula is C29H37N5O6S. The Kier molecular flexibility index (Phi) is 11.7. The summed E-state index contributed by atoms with van der Waals surface area (Å²) in [5, 5.41) is 28.3. The summed E-state index contributed by atoms with van der Waals surface area (Å²) in [6, 6.07) is 11.8. The highest BCUT2D eigenvalue weighted by Gasteiger charge is 2.31. The predicted octanol–water partition coefficient (Wildman–Crippen LogP) is 0.953. The molecule has 1 aromatic heterocycles. The number of nitrogens with one attached hydrogen (secondary N) is 4. The van der Waals surface area contributed by atoms with Gasteiger partial charge < -0.3 is 36.9 Å². The Balaban J connectivity index is 1.81. The van der Waals surface area contributed by atoms with E-state index >= 15 is 0 Å². The van der Waals surface area contributed by atoms with Crippen molar-refractivity contribution in [3.63, 3.8) is 0 Å². The highest BCUT2D eigenvalue weighted by molar-refractivity contribution is 7.98. The largest absolute Gasteiger partial charge is 0.480 e. The predicted molar refractivity (Wildman–Crippen MR) is 158 cm³/mol. The first-order chi connectivity index (χ1) is 19.6. The second-order valence-electron chi connectivity index (χ2n) is 9.82. The van der Waals surface area contributed by atoms with Crippen molar-refractivity contribution >= 4 is 46.4 Å². The van der Waals surface area contributed by atoms with E-state index in [1.807, 2.05) is 36.6 Å². The monoisotopic (exact) mass is 583 g/mol. The molecule has 8 N–H and O–H groups in total. The molecule has 0 spiro atoms. The van der Waals surface area contributed by atoms with E-state index in [-0.39, 0.29) is 19.3 Å². The highest BCUT2D eigenvalue weighted by Crippen LogP contribution is 2.19. The molecule has 0 radical (unpaired) electrons. The average molecular weight is 584 g/mol. The van der Waals surface area contributed by atoms with Crippen LogP contribution in [0, 0.1) is 0 Å². The van der Waals surface area contributed by atoms with Crippen LogP contribution in [0.1, 0.15) is 24.5 Å². The van der Waals surface area contributed by atoms with E-state index in [1.54, 1.807) is 30.5 Å². The lowest BCUT2D eigenvalue weighted by molar-refractivity contribution is -0.142. The van der Waals surface area contributed by atoms with Crippen LogP contribution in [0.25, 0.3) is 10.9 Å². The third-order valence-electron chi connectivity index (χ3n) is 6.70. The minimum absolute atomic E-state index is 0.0285. The molecule has 0 fully saturated rings. The quantitative estimate of drug-likeness (QED) is 0.138. The van der Waals surface area contributed by atoms with Gasteiger partial charge in [-0.2, -0.15) is 11.8 Å². The van der Waals surface area contributed by atoms with E-state index in [2.05, 4.69) is 20.9 Å². The maximum Gasteiger partial charge on any atom is 0.326 e. The van der Waals surface area contributed by atoms with E-state index < -0.39 is 54.0 Å². The summed E-state index contributed by atoms with van der Waals surface area (Å²) in [7, 11) is 0. The lowest BCUT2D eigenvalue weighted by Crippen LogP contribution is -2.58. The van der Waals surface area contributed by atoms with Crippen molar-refractivity contribution in [3.8, 4) is 0 Å². The van der Waals surface area contributed by atoms with Crippen LogP contribution >= 0.6 is 11.8 Å². The summed E-state index contributed by atoms with van der Waals surface area (Å²) in [6.07, 6.45) is 2.82. The summed E-state index contributed by atoms with van der Waals surface area (Å²) >= 11 is 1.47. The summed E-state index contributed by atoms with van der Waals surface area (Å²) < 4.78 is 0. The maximum absolute atomic E-state index is 13.5. The summed E-state index contributed by atoms with van der Waals surface area (Å²) in [4.78, 5) is 54.7. The molecule has 0 saturated heterocycles. The molecule has 3 rings (SSSR count). The average Bonchev–Trinajstić information content (AvgIpc) is 3.36. The number of benzene rings is 2. The van der Waals surface area contributed by atoms with Crippen LogP contribution in [0.4, 0.5) is 0 Å². The second kappa shape index (κ2) is 15.2. The topological polar surface area (TPSA) is 187 Å². The van der Waals surface area contributed by atoms with Crippen LogP contribution in [0.3, 0.4) is 0 Å². The number of fused-ring (bicyclic) bond motifs is 1. The van der Waals surface area contributed by atoms with Crippen molar-refractivity contribution in [2.75, 3.05) is 12.0 Å². The fourth-order valence-corrected chi connectivity index (χ4v) is 4.79. The number of rotatable bonds is 15. The molecule has 0 aliphatic heterocycles. The first kappa shape index (κ1) is 31.7. The maximum atomic E-state index is 13.5. The molecule has 0 aliphatic rings. The number of aliphatic hydroxyl groups is 1. The van der Waals surface area contributed by atoms with Gasteiger partial charge in [0.05, 0.1) is 6.10 Å². The number of para-hydroxylation sites is 1. The van der Waals surface area contributed by atoms with Crippen molar-refractivity contribution in [3.05, 3.63) is 71.9 Å². The molecule has 1 heterocycles. The molecule has 0 bridgehead atoms. The Morgan fingerprint density at radius 2 is 1.49 bits per heavy atom. The number of H-pyrrole nitrogens is 1. The van der Waals surface area contributed by atoms with Crippen LogP contribution in [0.2, 0.25) is 0 Å². The van der Waals surface area contributed by atoms with Gasteiger partial charge in [-0.15, -0.1) is 0 Å². The van der Waals surface area contributed by atoms with Crippen molar-refractivity contribution in [2.24, 2.45) is 5.73 Å². The minimum atomic E-state index is -1.26. The molecule has 5 unspecified atom stereocenters. The molecule has 2 aromatic carbocycles. The number of nitrogens with two attached hydrogens (primary N) is 1. The molecule has 11 nitrogen and oxygen atoms in total. The first-order valence-corrected chi connectivity index (χ1v) is 14.7. The fourth-order valence-electron chi connectivity index (χ4n) is 4.32. The molecule has 220 valence electrons. The van der Waals surface area contributed by atoms with Crippen molar-refractivity contribution in [2.45, 2.75) is 56.5 Å². The number of aliphatic hydroxyl groups excluding tert-OH is 1. The molecule has 12 heteroatoms. The van der Waals surface area contributed by atoms with Crippen LogP contribution in [-0.4, -0.2) is 81.2 Å². The van der Waals surface area contributed by atoms with Crippen LogP contribution < -0.4 is 21.7 Å². The lowest BCUT2D eigenvalue weighted by Gasteiger charge is -2.25. The Bertz CT molecular complexity index is 1330. The Hall–Kier alpha value is -3.87. The normalized spacial score (nSPS) is 14.8. The minimum Gasteiger partial charge on any atom is -0.480 e. The van der Waals surface area contributed by atoms with Gasteiger partial charge in [0.15, 0.2) is 0 Å². The zero-order valence-corrected chi connectivity index (χ0v) is 23.8. The molecule has 3 amide bonds. The third-order valence-corrected chi connectivity index (χ3v) is 7.34. The zero-order chi connectivity index (χ0) is 29.9. The van der Waals surface area contributed by atoms with Gasteiger partial charge in [-0.05, 0) is 42.5 Å². The van der Waals surface area contributed by atoms with Gasteiger partial charge in [-0.25, -0.2) is 4.79 Å². The number of carbonyl (C=O) groups is 4. The van der Waals surface area contributed by atoms with Gasteiger partial charge >= 0.3 is 5.97 Å². The smallest absolute Gasteiger partial charge is 0.326 e. The van der Waals surface area contributed by atoms with Gasteiger partial charge in [0.2, 0.25) is 17.7 Å². The number of carboxylic acids is 1. The third kappa shape index (κ3) is 9.07. The first-order valence-electron chi connectivity index (χ1n) is 13.3. The van der Waals surface area contributed by atoms with Crippen molar-refractivity contribution < 1.29 is 29.4 Å². The number of hydrogen-bond donors (Lipinski definition) is 7. The summed E-state index contributed by atoms with van der Waals surface area (Å²) in [6.45, 7) is 1.37. The summed E-state index contributed by atoms with van der Waals surface area (Å²) in [5.41, 5.74) is 8.06. The zero-order valence-electron chi connectivity index (χ0n) is 23.0. The Morgan fingerprint density at radius 3 is 2.15 bits per heavy atom. The van der Waals surface area contributed by atoms with E-state index in [4.69, 9.17) is 5.73 Å². The number of thioether (sulfide) groups is 1. The van der Waals surface area contributed by atoms with Crippen LogP contribution in [0.15, 0.2) is 60.8 Å². The van der Waals surface area contributed by atoms with E-state index in [1.165, 1.54) is 18.7 Å². The van der Waals surface area contributed by atoms with E-state index in [9.17, 15) is 29.4 Å². The molecule has 3 aromatic rings. The van der Waals surface area contributed by atoms with Gasteiger partial charge in [0.25, 0.3) is 0 Å². The standard InChI is InChI=1S/C29H37N5O6S/c1-17(35)25(30)28(38)32-22(12-13-41-2)26(36)33-23(14-18-8-4-3-5-9-18)27(37)34-24(29(39)40)15-19-16-31-21-11-7-6-10-20(19)21/h3-11,16-17,22-25,31,35H,12-15,30H2,1-2H3,(H,32,38)(H,33,36)(H,34,37)(H,39,40). The van der Waals surface area contributed by atoms with E-state index in [0.29, 0.717) is 5.75 Å². The van der Waals surface area contributed by atoms with Crippen LogP contribution in [0.5, 0.6) is 0 Å². The lowest BCUT2D eigenvalue weighted by atomic mass is 10.0. The van der Waals surface area contributed by atoms with Crippen molar-refractivity contribution in [1.82, 2.24) is 20.9 Å². The highest BCUT2D eigenvalue weighted by atomic mass is 32.2. The van der Waals surface area contributed by atoms with Crippen LogP contribution in [-0.2, 0) is 32.0 Å². The number of aromatic nitrogens is 1. The van der Waals surface area contributed by atoms with Gasteiger partial charge in [-0.1, -0.05) is 48.5 Å². The molecule has 0 aliphatic carbocycles. The number of amides is 3. The number of carboxylic acid groups (broad SMARTS) is 1. The molecular weight excluding hydrogens is 546 g/mol.